The zero-order valence-corrected chi connectivity index (χ0v) is 12.8. The first-order valence-corrected chi connectivity index (χ1v) is 7.74. The number of anilines is 1. The zero-order chi connectivity index (χ0) is 16.2. The molecule has 7 nitrogen and oxygen atoms in total. The normalized spacial score (nSPS) is 10.6. The molecule has 116 valence electrons. The summed E-state index contributed by atoms with van der Waals surface area (Å²) in [6.45, 7) is 0. The van der Waals surface area contributed by atoms with Crippen molar-refractivity contribution in [2.45, 2.75) is 5.16 Å². The van der Waals surface area contributed by atoms with Crippen molar-refractivity contribution >= 4 is 34.9 Å². The molecule has 0 unspecified atom stereocenters. The van der Waals surface area contributed by atoms with Crippen molar-refractivity contribution in [2.75, 3.05) is 11.1 Å². The highest BCUT2D eigenvalue weighted by Gasteiger charge is 2.09. The van der Waals surface area contributed by atoms with Crippen LogP contribution in [0.15, 0.2) is 53.8 Å². The largest absolute Gasteiger partial charge is 0.366 e. The number of carbonyl (C=O) groups excluding carboxylic acids is 2. The first-order chi connectivity index (χ1) is 11.1. The summed E-state index contributed by atoms with van der Waals surface area (Å²) in [4.78, 5) is 23.0. The quantitative estimate of drug-likeness (QED) is 0.692. The number of thioether (sulfide) groups is 1. The first kappa shape index (κ1) is 15.0. The predicted molar refractivity (Wildman–Crippen MR) is 87.3 cm³/mol. The van der Waals surface area contributed by atoms with Crippen LogP contribution in [-0.2, 0) is 4.79 Å². The maximum absolute atomic E-state index is 12.0. The molecule has 3 aromatic rings. The third kappa shape index (κ3) is 3.49. The van der Waals surface area contributed by atoms with Gasteiger partial charge in [-0.15, -0.1) is 10.2 Å². The lowest BCUT2D eigenvalue weighted by atomic mass is 10.2. The summed E-state index contributed by atoms with van der Waals surface area (Å²) in [5, 5.41) is 11.5. The number of hydrogen-bond acceptors (Lipinski definition) is 5. The Morgan fingerprint density at radius 1 is 1.13 bits per heavy atom. The van der Waals surface area contributed by atoms with Crippen LogP contribution in [0, 0.1) is 0 Å². The van der Waals surface area contributed by atoms with E-state index in [0.717, 1.165) is 5.65 Å². The van der Waals surface area contributed by atoms with Gasteiger partial charge in [-0.2, -0.15) is 0 Å². The minimum Gasteiger partial charge on any atom is -0.366 e. The Kier molecular flexibility index (Phi) is 4.24. The second kappa shape index (κ2) is 6.49. The van der Waals surface area contributed by atoms with E-state index in [1.165, 1.54) is 11.8 Å². The van der Waals surface area contributed by atoms with Crippen LogP contribution in [0.5, 0.6) is 0 Å². The number of nitrogens with two attached hydrogens (primary N) is 1. The molecular weight excluding hydrogens is 314 g/mol. The molecule has 0 atom stereocenters. The van der Waals surface area contributed by atoms with Gasteiger partial charge in [-0.3, -0.25) is 14.0 Å². The summed E-state index contributed by atoms with van der Waals surface area (Å²) >= 11 is 1.30. The number of aromatic nitrogens is 3. The number of carbonyl (C=O) groups is 2. The van der Waals surface area contributed by atoms with Crippen molar-refractivity contribution in [1.29, 1.82) is 0 Å². The Labute approximate surface area is 135 Å². The van der Waals surface area contributed by atoms with Crippen molar-refractivity contribution in [2.24, 2.45) is 5.73 Å². The fraction of sp³-hybridized carbons (Fsp3) is 0.0667. The van der Waals surface area contributed by atoms with Gasteiger partial charge in [0.05, 0.1) is 5.75 Å². The van der Waals surface area contributed by atoms with Crippen LogP contribution in [0.2, 0.25) is 0 Å². The lowest BCUT2D eigenvalue weighted by molar-refractivity contribution is -0.113. The lowest BCUT2D eigenvalue weighted by Crippen LogP contribution is -2.15. The van der Waals surface area contributed by atoms with Gasteiger partial charge in [0.2, 0.25) is 11.8 Å². The van der Waals surface area contributed by atoms with Crippen LogP contribution >= 0.6 is 11.8 Å². The van der Waals surface area contributed by atoms with Crippen LogP contribution < -0.4 is 11.1 Å². The van der Waals surface area contributed by atoms with Crippen LogP contribution in [-0.4, -0.2) is 32.2 Å². The average molecular weight is 327 g/mol. The summed E-state index contributed by atoms with van der Waals surface area (Å²) in [6, 6.07) is 12.0. The van der Waals surface area contributed by atoms with Gasteiger partial charge in [-0.25, -0.2) is 0 Å². The highest BCUT2D eigenvalue weighted by Crippen LogP contribution is 2.17. The number of hydrogen-bond donors (Lipinski definition) is 2. The fourth-order valence-electron chi connectivity index (χ4n) is 1.96. The average Bonchev–Trinajstić information content (AvgIpc) is 2.97. The number of rotatable bonds is 5. The highest BCUT2D eigenvalue weighted by molar-refractivity contribution is 7.99. The van der Waals surface area contributed by atoms with E-state index in [2.05, 4.69) is 15.5 Å². The van der Waals surface area contributed by atoms with Gasteiger partial charge < -0.3 is 11.1 Å². The molecule has 0 bridgehead atoms. The summed E-state index contributed by atoms with van der Waals surface area (Å²) in [7, 11) is 0. The van der Waals surface area contributed by atoms with E-state index in [-0.39, 0.29) is 11.7 Å². The molecule has 0 spiro atoms. The molecule has 0 saturated carbocycles. The predicted octanol–water partition coefficient (Wildman–Crippen LogP) is 1.56. The topological polar surface area (TPSA) is 102 Å². The minimum absolute atomic E-state index is 0.172. The summed E-state index contributed by atoms with van der Waals surface area (Å²) in [5.41, 5.74) is 6.90. The van der Waals surface area contributed by atoms with Gasteiger partial charge in [0.15, 0.2) is 10.8 Å². The molecule has 0 radical (unpaired) electrons. The van der Waals surface area contributed by atoms with Gasteiger partial charge in [0.25, 0.3) is 0 Å². The number of fused-ring (bicyclic) bond motifs is 1. The van der Waals surface area contributed by atoms with Crippen molar-refractivity contribution in [3.8, 4) is 0 Å². The molecule has 2 amide bonds. The third-order valence-electron chi connectivity index (χ3n) is 3.07. The third-order valence-corrected chi connectivity index (χ3v) is 4.01. The molecule has 3 N–H and O–H groups in total. The summed E-state index contributed by atoms with van der Waals surface area (Å²) < 4.78 is 1.82. The van der Waals surface area contributed by atoms with E-state index in [0.29, 0.717) is 16.4 Å². The van der Waals surface area contributed by atoms with Crippen molar-refractivity contribution in [3.63, 3.8) is 0 Å². The first-order valence-electron chi connectivity index (χ1n) is 6.76. The monoisotopic (exact) mass is 327 g/mol. The maximum Gasteiger partial charge on any atom is 0.248 e. The Hall–Kier alpha value is -2.87. The van der Waals surface area contributed by atoms with Crippen molar-refractivity contribution < 1.29 is 9.59 Å². The molecular formula is C15H13N5O2S. The van der Waals surface area contributed by atoms with Gasteiger partial charge in [-0.1, -0.05) is 17.8 Å². The molecule has 0 fully saturated rings. The standard InChI is InChI=1S/C15H13N5O2S/c16-14(22)10-4-6-11(7-5-10)17-13(21)9-23-15-19-18-12-3-1-2-8-20(12)15/h1-8H,9H2,(H2,16,22)(H,17,21). The molecule has 0 saturated heterocycles. The smallest absolute Gasteiger partial charge is 0.248 e. The van der Waals surface area contributed by atoms with Gasteiger partial charge in [0, 0.05) is 17.4 Å². The molecule has 2 aromatic heterocycles. The van der Waals surface area contributed by atoms with E-state index < -0.39 is 5.91 Å². The Morgan fingerprint density at radius 2 is 1.91 bits per heavy atom. The number of benzene rings is 1. The van der Waals surface area contributed by atoms with Crippen molar-refractivity contribution in [1.82, 2.24) is 14.6 Å². The zero-order valence-electron chi connectivity index (χ0n) is 12.0. The molecule has 3 rings (SSSR count). The van der Waals surface area contributed by atoms with E-state index in [4.69, 9.17) is 5.73 Å². The Bertz CT molecular complexity index is 860. The fourth-order valence-corrected chi connectivity index (χ4v) is 2.69. The number of pyridine rings is 1. The van der Waals surface area contributed by atoms with Crippen molar-refractivity contribution in [3.05, 3.63) is 54.2 Å². The van der Waals surface area contributed by atoms with E-state index in [1.54, 1.807) is 24.3 Å². The molecule has 8 heteroatoms. The van der Waals surface area contributed by atoms with E-state index in [1.807, 2.05) is 28.8 Å². The van der Waals surface area contributed by atoms with Gasteiger partial charge in [-0.05, 0) is 36.4 Å². The SMILES string of the molecule is NC(=O)c1ccc(NC(=O)CSc2nnc3ccccn23)cc1. The summed E-state index contributed by atoms with van der Waals surface area (Å²) in [6.07, 6.45) is 1.85. The number of nitrogens with one attached hydrogen (secondary N) is 1. The van der Waals surface area contributed by atoms with Crippen LogP contribution in [0.3, 0.4) is 0 Å². The van der Waals surface area contributed by atoms with Gasteiger partial charge in [0.1, 0.15) is 0 Å². The number of nitrogens with zero attached hydrogens (tertiary/aromatic N) is 3. The molecule has 0 aliphatic rings. The van der Waals surface area contributed by atoms with Crippen LogP contribution in [0.25, 0.3) is 5.65 Å². The molecule has 0 aliphatic heterocycles. The molecule has 0 aliphatic carbocycles. The molecule has 2 heterocycles. The van der Waals surface area contributed by atoms with Crippen LogP contribution in [0.1, 0.15) is 10.4 Å². The molecule has 1 aromatic carbocycles. The number of amides is 2. The van der Waals surface area contributed by atoms with E-state index in [9.17, 15) is 9.59 Å². The number of primary amides is 1. The summed E-state index contributed by atoms with van der Waals surface area (Å²) in [5.74, 6) is -0.473. The molecule has 23 heavy (non-hydrogen) atoms. The second-order valence-electron chi connectivity index (χ2n) is 4.69. The highest BCUT2D eigenvalue weighted by atomic mass is 32.2. The van der Waals surface area contributed by atoms with Gasteiger partial charge >= 0.3 is 0 Å². The Balaban J connectivity index is 1.60. The lowest BCUT2D eigenvalue weighted by Gasteiger charge is -2.05. The van der Waals surface area contributed by atoms with Crippen LogP contribution in [0.4, 0.5) is 5.69 Å². The minimum atomic E-state index is -0.503. The maximum atomic E-state index is 12.0. The second-order valence-corrected chi connectivity index (χ2v) is 5.63. The Morgan fingerprint density at radius 3 is 2.65 bits per heavy atom. The van der Waals surface area contributed by atoms with E-state index >= 15 is 0 Å².